The van der Waals surface area contributed by atoms with Gasteiger partial charge in [0.15, 0.2) is 21.3 Å². The number of hydrogen-bond donors (Lipinski definition) is 7. The lowest BCUT2D eigenvalue weighted by Crippen LogP contribution is -2.52. The molecule has 3 rings (SSSR count). The van der Waals surface area contributed by atoms with E-state index in [2.05, 4.69) is 20.9 Å². The number of nitrogens with one attached hydrogen (secondary N) is 5. The summed E-state index contributed by atoms with van der Waals surface area (Å²) in [5.74, 6) is -0.821. The second-order valence-corrected chi connectivity index (χ2v) is 11.4. The van der Waals surface area contributed by atoms with Crippen molar-refractivity contribution >= 4 is 61.7 Å². The topological polar surface area (TPSA) is 216 Å². The molecule has 0 saturated heterocycles. The van der Waals surface area contributed by atoms with Crippen LogP contribution >= 0.6 is 11.3 Å². The third-order valence-corrected chi connectivity index (χ3v) is 7.32. The lowest BCUT2D eigenvalue weighted by molar-refractivity contribution is -0.114. The molecule has 212 valence electrons. The minimum atomic E-state index is -3.39. The maximum absolute atomic E-state index is 13.1. The Kier molecular flexibility index (Phi) is 9.63. The molecule has 2 aromatic carbocycles. The van der Waals surface area contributed by atoms with E-state index in [1.54, 1.807) is 24.3 Å². The van der Waals surface area contributed by atoms with E-state index in [4.69, 9.17) is 10.2 Å². The number of aromatic nitrogens is 1. The Morgan fingerprint density at radius 2 is 1.45 bits per heavy atom. The average Bonchev–Trinajstić information content (AvgIpc) is 3.24. The number of hydrogen-bond acceptors (Lipinski definition) is 9. The molecule has 16 heteroatoms. The third-order valence-electron chi connectivity index (χ3n) is 5.18. The van der Waals surface area contributed by atoms with Crippen molar-refractivity contribution in [3.8, 4) is 0 Å². The first-order valence-electron chi connectivity index (χ1n) is 11.5. The van der Waals surface area contributed by atoms with Crippen LogP contribution in [-0.2, 0) is 27.5 Å². The van der Waals surface area contributed by atoms with Crippen molar-refractivity contribution in [3.05, 3.63) is 64.7 Å². The van der Waals surface area contributed by atoms with E-state index in [1.807, 2.05) is 10.6 Å². The number of nitrogens with zero attached hydrogens (tertiary/aromatic N) is 1. The third kappa shape index (κ3) is 8.95. The van der Waals surface area contributed by atoms with Crippen LogP contribution < -0.4 is 26.6 Å². The first-order chi connectivity index (χ1) is 18.8. The average molecular weight is 591 g/mol. The van der Waals surface area contributed by atoms with Gasteiger partial charge in [-0.15, -0.1) is 0 Å². The van der Waals surface area contributed by atoms with Crippen LogP contribution in [-0.4, -0.2) is 60.2 Å². The molecule has 0 aliphatic rings. The fourth-order valence-corrected chi connectivity index (χ4v) is 5.01. The van der Waals surface area contributed by atoms with E-state index in [9.17, 15) is 27.6 Å². The Balaban J connectivity index is 1.72. The van der Waals surface area contributed by atoms with Crippen molar-refractivity contribution in [2.45, 2.75) is 31.0 Å². The Hall–Kier alpha value is -4.70. The molecular weight excluding hydrogens is 564 g/mol. The maximum atomic E-state index is 13.1. The van der Waals surface area contributed by atoms with Gasteiger partial charge in [-0.2, -0.15) is 0 Å². The Labute approximate surface area is 232 Å². The highest BCUT2D eigenvalue weighted by atomic mass is 32.2. The molecule has 0 aliphatic carbocycles. The zero-order valence-electron chi connectivity index (χ0n) is 21.2. The summed E-state index contributed by atoms with van der Waals surface area (Å²) in [6, 6.07) is 12.5. The van der Waals surface area contributed by atoms with Crippen LogP contribution in [0.1, 0.15) is 27.9 Å². The molecule has 40 heavy (non-hydrogen) atoms. The van der Waals surface area contributed by atoms with Crippen molar-refractivity contribution in [2.24, 2.45) is 0 Å². The van der Waals surface area contributed by atoms with Gasteiger partial charge in [0.2, 0.25) is 5.91 Å². The molecule has 0 bridgehead atoms. The minimum Gasteiger partial charge on any atom is -0.465 e. The number of carbonyl (C=O) groups is 4. The van der Waals surface area contributed by atoms with E-state index >= 15 is 0 Å². The highest BCUT2D eigenvalue weighted by Crippen LogP contribution is 2.26. The van der Waals surface area contributed by atoms with Gasteiger partial charge in [0.1, 0.15) is 4.88 Å². The van der Waals surface area contributed by atoms with Gasteiger partial charge in [-0.25, -0.2) is 23.0 Å². The molecule has 4 amide bonds. The monoisotopic (exact) mass is 590 g/mol. The van der Waals surface area contributed by atoms with Gasteiger partial charge < -0.3 is 26.2 Å². The summed E-state index contributed by atoms with van der Waals surface area (Å²) in [6.45, 7) is 1.32. The standard InChI is InChI=1S/C24H26N6O8S2/c1-13(31)25-22-28-18(19(39-22)20(32)26-15-8-10-17(11-9-15)40(2,37)38)12-5-14-3-6-16(7-4-14)27-21(29-23(33)34)30-24(35)36/h3-4,6-11,21,27,29-30H,5,12H2,1-2H3,(H,26,32)(H,33,34)(H,35,36)(H,25,28,31). The fourth-order valence-electron chi connectivity index (χ4n) is 3.43. The van der Waals surface area contributed by atoms with E-state index in [1.165, 1.54) is 31.2 Å². The van der Waals surface area contributed by atoms with Gasteiger partial charge in [-0.1, -0.05) is 23.5 Å². The highest BCUT2D eigenvalue weighted by molar-refractivity contribution is 7.90. The van der Waals surface area contributed by atoms with Crippen LogP contribution in [0, 0.1) is 0 Å². The largest absolute Gasteiger partial charge is 0.465 e. The molecule has 3 aromatic rings. The van der Waals surface area contributed by atoms with Crippen molar-refractivity contribution < 1.29 is 37.8 Å². The Morgan fingerprint density at radius 3 is 1.98 bits per heavy atom. The summed E-state index contributed by atoms with van der Waals surface area (Å²) >= 11 is 1.01. The van der Waals surface area contributed by atoms with E-state index in [-0.39, 0.29) is 20.8 Å². The lowest BCUT2D eigenvalue weighted by atomic mass is 10.1. The van der Waals surface area contributed by atoms with Crippen LogP contribution in [0.15, 0.2) is 53.4 Å². The predicted molar refractivity (Wildman–Crippen MR) is 148 cm³/mol. The highest BCUT2D eigenvalue weighted by Gasteiger charge is 2.20. The van der Waals surface area contributed by atoms with Gasteiger partial charge in [0, 0.05) is 24.6 Å². The summed E-state index contributed by atoms with van der Waals surface area (Å²) in [7, 11) is -3.39. The SMILES string of the molecule is CC(=O)Nc1nc(CCc2ccc(NC(NC(=O)O)NC(=O)O)cc2)c(C(=O)Nc2ccc(S(C)(=O)=O)cc2)s1. The molecule has 1 aromatic heterocycles. The number of carboxylic acid groups (broad SMARTS) is 2. The number of amides is 4. The molecule has 0 fully saturated rings. The number of aryl methyl sites for hydroxylation is 2. The molecule has 0 radical (unpaired) electrons. The Bertz CT molecular complexity index is 1490. The van der Waals surface area contributed by atoms with E-state index in [0.717, 1.165) is 23.2 Å². The Morgan fingerprint density at radius 1 is 0.875 bits per heavy atom. The molecule has 0 unspecified atom stereocenters. The quantitative estimate of drug-likeness (QED) is 0.162. The number of rotatable bonds is 11. The molecule has 14 nitrogen and oxygen atoms in total. The summed E-state index contributed by atoms with van der Waals surface area (Å²) in [5.41, 5.74) is 2.11. The van der Waals surface area contributed by atoms with Crippen LogP contribution in [0.3, 0.4) is 0 Å². The van der Waals surface area contributed by atoms with Gasteiger partial charge >= 0.3 is 12.2 Å². The van der Waals surface area contributed by atoms with Gasteiger partial charge in [-0.3, -0.25) is 20.2 Å². The molecule has 0 atom stereocenters. The second kappa shape index (κ2) is 12.9. The number of carbonyl (C=O) groups excluding carboxylic acids is 2. The molecule has 0 spiro atoms. The number of anilines is 3. The first-order valence-corrected chi connectivity index (χ1v) is 14.2. The molecule has 0 aliphatic heterocycles. The number of benzene rings is 2. The first kappa shape index (κ1) is 29.9. The molecule has 1 heterocycles. The van der Waals surface area contributed by atoms with Crippen LogP contribution in [0.25, 0.3) is 0 Å². The van der Waals surface area contributed by atoms with Crippen LogP contribution in [0.4, 0.5) is 26.1 Å². The van der Waals surface area contributed by atoms with Crippen molar-refractivity contribution in [1.82, 2.24) is 15.6 Å². The number of sulfone groups is 1. The fraction of sp³-hybridized carbons (Fsp3) is 0.208. The predicted octanol–water partition coefficient (Wildman–Crippen LogP) is 2.77. The maximum Gasteiger partial charge on any atom is 0.407 e. The molecule has 0 saturated carbocycles. The van der Waals surface area contributed by atoms with Crippen molar-refractivity contribution in [2.75, 3.05) is 22.2 Å². The number of thiazole rings is 1. The van der Waals surface area contributed by atoms with Crippen LogP contribution in [0.2, 0.25) is 0 Å². The van der Waals surface area contributed by atoms with Crippen molar-refractivity contribution in [3.63, 3.8) is 0 Å². The van der Waals surface area contributed by atoms with E-state index in [0.29, 0.717) is 29.9 Å². The zero-order chi connectivity index (χ0) is 29.4. The second-order valence-electron chi connectivity index (χ2n) is 8.40. The van der Waals surface area contributed by atoms with Gasteiger partial charge in [-0.05, 0) is 54.8 Å². The lowest BCUT2D eigenvalue weighted by Gasteiger charge is -2.19. The normalized spacial score (nSPS) is 11.0. The molecule has 7 N–H and O–H groups in total. The van der Waals surface area contributed by atoms with Crippen LogP contribution in [0.5, 0.6) is 0 Å². The minimum absolute atomic E-state index is 0.116. The summed E-state index contributed by atoms with van der Waals surface area (Å²) < 4.78 is 23.3. The van der Waals surface area contributed by atoms with Crippen molar-refractivity contribution in [1.29, 1.82) is 0 Å². The van der Waals surface area contributed by atoms with Gasteiger partial charge in [0.05, 0.1) is 10.6 Å². The van der Waals surface area contributed by atoms with Gasteiger partial charge in [0.25, 0.3) is 5.91 Å². The zero-order valence-corrected chi connectivity index (χ0v) is 22.9. The summed E-state index contributed by atoms with van der Waals surface area (Å²) in [5, 5.41) is 30.0. The van der Waals surface area contributed by atoms with E-state index < -0.39 is 34.2 Å². The summed E-state index contributed by atoms with van der Waals surface area (Å²) in [6.07, 6.45) is -2.24. The summed E-state index contributed by atoms with van der Waals surface area (Å²) in [4.78, 5) is 51.1. The molecular formula is C24H26N6O8S2. The smallest absolute Gasteiger partial charge is 0.407 e.